The summed E-state index contributed by atoms with van der Waals surface area (Å²) in [4.78, 5) is 5.12. The molecule has 0 radical (unpaired) electrons. The van der Waals surface area contributed by atoms with Crippen molar-refractivity contribution in [1.29, 1.82) is 0 Å². The Labute approximate surface area is 114 Å². The van der Waals surface area contributed by atoms with Gasteiger partial charge in [0.1, 0.15) is 16.5 Å². The van der Waals surface area contributed by atoms with Crippen molar-refractivity contribution >= 4 is 23.0 Å². The van der Waals surface area contributed by atoms with Gasteiger partial charge in [0.25, 0.3) is 0 Å². The van der Waals surface area contributed by atoms with E-state index < -0.39 is 11.9 Å². The third kappa shape index (κ3) is 4.03. The Balaban J connectivity index is 3.19. The number of hydrogen-bond donors (Lipinski definition) is 1. The highest BCUT2D eigenvalue weighted by Crippen LogP contribution is 2.30. The summed E-state index contributed by atoms with van der Waals surface area (Å²) in [6.45, 7) is 0.728. The number of methoxy groups -OCH3 is 1. The summed E-state index contributed by atoms with van der Waals surface area (Å²) in [7, 11) is 3.10. The number of nitrogens with two attached hydrogens (primary N) is 1. The van der Waals surface area contributed by atoms with Gasteiger partial charge in [-0.15, -0.1) is 0 Å². The normalized spacial score (nSPS) is 11.4. The zero-order valence-electron chi connectivity index (χ0n) is 10.5. The van der Waals surface area contributed by atoms with Gasteiger partial charge in [-0.25, -0.2) is 4.98 Å². The Morgan fingerprint density at radius 1 is 1.47 bits per heavy atom. The van der Waals surface area contributed by atoms with Crippen molar-refractivity contribution in [2.24, 2.45) is 5.73 Å². The van der Waals surface area contributed by atoms with Crippen molar-refractivity contribution in [2.45, 2.75) is 6.18 Å². The Kier molecular flexibility index (Phi) is 5.07. The van der Waals surface area contributed by atoms with Crippen molar-refractivity contribution in [3.8, 4) is 0 Å². The smallest absolute Gasteiger partial charge is 0.389 e. The number of aromatic nitrogens is 1. The highest BCUT2D eigenvalue weighted by Gasteiger charge is 2.33. The molecule has 1 aromatic rings. The van der Waals surface area contributed by atoms with Gasteiger partial charge in [0.2, 0.25) is 0 Å². The maximum absolute atomic E-state index is 12.6. The van der Waals surface area contributed by atoms with Crippen LogP contribution in [-0.2, 0) is 10.9 Å². The predicted molar refractivity (Wildman–Crippen MR) is 70.3 cm³/mol. The van der Waals surface area contributed by atoms with E-state index in [2.05, 4.69) is 4.98 Å². The van der Waals surface area contributed by atoms with Crippen molar-refractivity contribution < 1.29 is 17.9 Å². The highest BCUT2D eigenvalue weighted by molar-refractivity contribution is 7.80. The number of halogens is 3. The van der Waals surface area contributed by atoms with Crippen LogP contribution in [0.1, 0.15) is 11.3 Å². The van der Waals surface area contributed by atoms with Crippen molar-refractivity contribution in [2.75, 3.05) is 32.2 Å². The molecule has 0 fully saturated rings. The van der Waals surface area contributed by atoms with Crippen LogP contribution in [0.3, 0.4) is 0 Å². The summed E-state index contributed by atoms with van der Waals surface area (Å²) < 4.78 is 42.8. The van der Waals surface area contributed by atoms with Crippen LogP contribution < -0.4 is 10.6 Å². The molecule has 1 rings (SSSR count). The molecular weight excluding hydrogens is 279 g/mol. The van der Waals surface area contributed by atoms with E-state index in [1.807, 2.05) is 0 Å². The maximum atomic E-state index is 12.6. The minimum absolute atomic E-state index is 0.000455. The molecule has 2 N–H and O–H groups in total. The second-order valence-electron chi connectivity index (χ2n) is 3.84. The number of likely N-dealkylation sites (N-methyl/N-ethyl adjacent to an activating group) is 1. The topological polar surface area (TPSA) is 51.4 Å². The highest BCUT2D eigenvalue weighted by atomic mass is 32.1. The van der Waals surface area contributed by atoms with E-state index in [0.29, 0.717) is 18.7 Å². The first-order chi connectivity index (χ1) is 8.77. The monoisotopic (exact) mass is 293 g/mol. The van der Waals surface area contributed by atoms with Gasteiger partial charge in [0.15, 0.2) is 0 Å². The minimum atomic E-state index is -4.51. The van der Waals surface area contributed by atoms with Crippen LogP contribution in [-0.4, -0.2) is 37.3 Å². The predicted octanol–water partition coefficient (Wildman–Crippen LogP) is 1.82. The number of rotatable bonds is 5. The number of thiocarbonyl (C=S) groups is 1. The molecule has 0 aromatic carbocycles. The molecule has 0 spiro atoms. The summed E-state index contributed by atoms with van der Waals surface area (Å²) in [5.74, 6) is 0.0966. The van der Waals surface area contributed by atoms with Gasteiger partial charge in [-0.3, -0.25) is 0 Å². The average Bonchev–Trinajstić information content (AvgIpc) is 2.33. The lowest BCUT2D eigenvalue weighted by Crippen LogP contribution is -2.27. The van der Waals surface area contributed by atoms with Crippen molar-refractivity contribution in [3.05, 3.63) is 23.4 Å². The Morgan fingerprint density at radius 2 is 2.11 bits per heavy atom. The number of pyridine rings is 1. The first-order valence-electron chi connectivity index (χ1n) is 5.35. The van der Waals surface area contributed by atoms with Crippen LogP contribution in [0, 0.1) is 0 Å². The number of anilines is 1. The molecule has 0 aliphatic carbocycles. The van der Waals surface area contributed by atoms with Crippen LogP contribution in [0.25, 0.3) is 0 Å². The van der Waals surface area contributed by atoms with E-state index in [0.717, 1.165) is 6.07 Å². The maximum Gasteiger partial charge on any atom is 0.433 e. The first-order valence-corrected chi connectivity index (χ1v) is 5.76. The largest absolute Gasteiger partial charge is 0.433 e. The van der Waals surface area contributed by atoms with E-state index in [-0.39, 0.29) is 10.8 Å². The van der Waals surface area contributed by atoms with Crippen LogP contribution >= 0.6 is 12.2 Å². The molecule has 0 aliphatic rings. The lowest BCUT2D eigenvalue weighted by Gasteiger charge is -2.21. The second kappa shape index (κ2) is 6.16. The van der Waals surface area contributed by atoms with Crippen molar-refractivity contribution in [3.63, 3.8) is 0 Å². The molecule has 0 unspecified atom stereocenters. The van der Waals surface area contributed by atoms with E-state index in [1.165, 1.54) is 18.1 Å². The van der Waals surface area contributed by atoms with Crippen molar-refractivity contribution in [1.82, 2.24) is 4.98 Å². The zero-order chi connectivity index (χ0) is 14.6. The molecule has 0 saturated carbocycles. The van der Waals surface area contributed by atoms with Gasteiger partial charge in [-0.2, -0.15) is 13.2 Å². The van der Waals surface area contributed by atoms with Crippen LogP contribution in [0.5, 0.6) is 0 Å². The molecule has 4 nitrogen and oxygen atoms in total. The Hall–Kier alpha value is -1.41. The van der Waals surface area contributed by atoms with E-state index in [1.54, 1.807) is 7.05 Å². The lowest BCUT2D eigenvalue weighted by atomic mass is 10.2. The SMILES string of the molecule is COCCN(C)c1nc(C(F)(F)F)ccc1C(N)=S. The molecule has 8 heteroatoms. The van der Waals surface area contributed by atoms with Gasteiger partial charge in [0.05, 0.1) is 12.2 Å². The molecule has 0 bridgehead atoms. The van der Waals surface area contributed by atoms with Gasteiger partial charge in [-0.1, -0.05) is 12.2 Å². The zero-order valence-corrected chi connectivity index (χ0v) is 11.3. The molecule has 0 atom stereocenters. The molecule has 1 heterocycles. The summed E-state index contributed by atoms with van der Waals surface area (Å²) in [6, 6.07) is 2.10. The summed E-state index contributed by atoms with van der Waals surface area (Å²) >= 11 is 4.82. The fourth-order valence-corrected chi connectivity index (χ4v) is 1.58. The molecule has 19 heavy (non-hydrogen) atoms. The molecular formula is C11H14F3N3OS. The van der Waals surface area contributed by atoms with E-state index in [4.69, 9.17) is 22.7 Å². The lowest BCUT2D eigenvalue weighted by molar-refractivity contribution is -0.141. The number of ether oxygens (including phenoxy) is 1. The fraction of sp³-hybridized carbons (Fsp3) is 0.455. The molecule has 0 aliphatic heterocycles. The third-order valence-corrected chi connectivity index (χ3v) is 2.64. The van der Waals surface area contributed by atoms with Crippen LogP contribution in [0.4, 0.5) is 19.0 Å². The third-order valence-electron chi connectivity index (χ3n) is 2.42. The first kappa shape index (κ1) is 15.6. The summed E-state index contributed by atoms with van der Waals surface area (Å²) in [5, 5.41) is 0. The Bertz CT molecular complexity index is 465. The number of nitrogens with zero attached hydrogens (tertiary/aromatic N) is 2. The standard InChI is InChI=1S/C11H14F3N3OS/c1-17(5-6-18-2)10-7(9(15)19)3-4-8(16-10)11(12,13)14/h3-4H,5-6H2,1-2H3,(H2,15,19). The fourth-order valence-electron chi connectivity index (χ4n) is 1.42. The molecule has 106 valence electrons. The van der Waals surface area contributed by atoms with Crippen LogP contribution in [0.15, 0.2) is 12.1 Å². The Morgan fingerprint density at radius 3 is 2.58 bits per heavy atom. The van der Waals surface area contributed by atoms with Gasteiger partial charge < -0.3 is 15.4 Å². The van der Waals surface area contributed by atoms with Gasteiger partial charge in [0, 0.05) is 20.7 Å². The number of hydrogen-bond acceptors (Lipinski definition) is 4. The van der Waals surface area contributed by atoms with Crippen LogP contribution in [0.2, 0.25) is 0 Å². The molecule has 0 saturated heterocycles. The van der Waals surface area contributed by atoms with E-state index >= 15 is 0 Å². The minimum Gasteiger partial charge on any atom is -0.389 e. The average molecular weight is 293 g/mol. The quantitative estimate of drug-likeness (QED) is 0.839. The summed E-state index contributed by atoms with van der Waals surface area (Å²) in [6.07, 6.45) is -4.51. The molecule has 1 aromatic heterocycles. The van der Waals surface area contributed by atoms with Gasteiger partial charge in [-0.05, 0) is 12.1 Å². The van der Waals surface area contributed by atoms with Gasteiger partial charge >= 0.3 is 6.18 Å². The van der Waals surface area contributed by atoms with E-state index in [9.17, 15) is 13.2 Å². The summed E-state index contributed by atoms with van der Waals surface area (Å²) in [5.41, 5.74) is 4.82. The number of alkyl halides is 3. The second-order valence-corrected chi connectivity index (χ2v) is 4.28. The molecule has 0 amide bonds.